The summed E-state index contributed by atoms with van der Waals surface area (Å²) in [5.74, 6) is -0.744. The van der Waals surface area contributed by atoms with Crippen LogP contribution in [0.4, 0.5) is 13.2 Å². The van der Waals surface area contributed by atoms with E-state index in [1.165, 1.54) is 11.8 Å². The smallest absolute Gasteiger partial charge is 0.417 e. The number of carboxylic acid groups (broad SMARTS) is 1. The van der Waals surface area contributed by atoms with Gasteiger partial charge >= 0.3 is 12.1 Å². The number of aliphatic carboxylic acids is 1. The molecule has 15 heavy (non-hydrogen) atoms. The molecule has 3 nitrogen and oxygen atoms in total. The second-order valence-electron chi connectivity index (χ2n) is 3.07. The molecule has 0 aliphatic rings. The first-order chi connectivity index (χ1) is 6.75. The van der Waals surface area contributed by atoms with Crippen LogP contribution in [0, 0.1) is 0 Å². The third kappa shape index (κ3) is 3.90. The fraction of sp³-hybridized carbons (Fsp3) is 0.875. The Morgan fingerprint density at radius 3 is 2.33 bits per heavy atom. The summed E-state index contributed by atoms with van der Waals surface area (Å²) in [6.07, 6.45) is -5.35. The average molecular weight is 245 g/mol. The molecule has 1 atom stereocenters. The maximum absolute atomic E-state index is 12.4. The lowest BCUT2D eigenvalue weighted by molar-refractivity contribution is -0.203. The molecule has 0 bridgehead atoms. The van der Waals surface area contributed by atoms with E-state index in [0.29, 0.717) is 5.75 Å². The molecule has 0 radical (unpaired) electrons. The highest BCUT2D eigenvalue weighted by molar-refractivity contribution is 7.99. The van der Waals surface area contributed by atoms with Crippen molar-refractivity contribution in [2.45, 2.75) is 31.5 Å². The predicted octanol–water partition coefficient (Wildman–Crippen LogP) is 1.86. The van der Waals surface area contributed by atoms with Crippen molar-refractivity contribution in [1.82, 2.24) is 0 Å². The highest BCUT2D eigenvalue weighted by Crippen LogP contribution is 2.32. The summed E-state index contributed by atoms with van der Waals surface area (Å²) >= 11 is 1.46. The van der Waals surface area contributed by atoms with Crippen molar-refractivity contribution >= 4 is 17.7 Å². The molecule has 0 heterocycles. The number of nitrogens with two attached hydrogens (primary N) is 1. The van der Waals surface area contributed by atoms with Gasteiger partial charge in [0.05, 0.1) is 0 Å². The molecule has 0 aliphatic heterocycles. The summed E-state index contributed by atoms with van der Waals surface area (Å²) in [5.41, 5.74) is 1.76. The molecule has 0 spiro atoms. The summed E-state index contributed by atoms with van der Waals surface area (Å²) in [6.45, 7) is 1.88. The van der Waals surface area contributed by atoms with Gasteiger partial charge in [-0.25, -0.2) is 4.79 Å². The minimum atomic E-state index is -4.91. The van der Waals surface area contributed by atoms with Gasteiger partial charge in [0.1, 0.15) is 0 Å². The molecule has 0 rings (SSSR count). The van der Waals surface area contributed by atoms with Crippen molar-refractivity contribution in [3.05, 3.63) is 0 Å². The molecule has 0 aromatic rings. The van der Waals surface area contributed by atoms with Gasteiger partial charge in [-0.05, 0) is 24.3 Å². The van der Waals surface area contributed by atoms with Crippen molar-refractivity contribution in [3.8, 4) is 0 Å². The third-order valence-corrected chi connectivity index (χ3v) is 2.94. The van der Waals surface area contributed by atoms with Gasteiger partial charge in [0, 0.05) is 0 Å². The van der Waals surface area contributed by atoms with Gasteiger partial charge in [-0.3, -0.25) is 0 Å². The summed E-state index contributed by atoms with van der Waals surface area (Å²) in [5, 5.41) is 8.47. The Bertz CT molecular complexity index is 222. The topological polar surface area (TPSA) is 63.3 Å². The molecule has 0 aromatic carbocycles. The zero-order chi connectivity index (χ0) is 12.1. The maximum atomic E-state index is 12.4. The van der Waals surface area contributed by atoms with Crippen LogP contribution in [0.2, 0.25) is 0 Å². The Balaban J connectivity index is 4.35. The minimum absolute atomic E-state index is 0.140. The second kappa shape index (κ2) is 5.60. The van der Waals surface area contributed by atoms with Gasteiger partial charge in [-0.1, -0.05) is 6.92 Å². The lowest BCUT2D eigenvalue weighted by atomic mass is 9.94. The highest BCUT2D eigenvalue weighted by Gasteiger charge is 2.57. The number of hydrogen-bond acceptors (Lipinski definition) is 3. The molecule has 7 heteroatoms. The highest BCUT2D eigenvalue weighted by atomic mass is 32.2. The number of hydrogen-bond donors (Lipinski definition) is 2. The van der Waals surface area contributed by atoms with Crippen molar-refractivity contribution in [2.75, 3.05) is 11.5 Å². The largest absolute Gasteiger partial charge is 0.480 e. The van der Waals surface area contributed by atoms with Crippen LogP contribution >= 0.6 is 11.8 Å². The van der Waals surface area contributed by atoms with Crippen molar-refractivity contribution < 1.29 is 23.1 Å². The molecule has 90 valence electrons. The van der Waals surface area contributed by atoms with Crippen molar-refractivity contribution in [3.63, 3.8) is 0 Å². The van der Waals surface area contributed by atoms with Gasteiger partial charge in [0.15, 0.2) is 0 Å². The first-order valence-electron chi connectivity index (χ1n) is 4.42. The van der Waals surface area contributed by atoms with Crippen LogP contribution in [0.15, 0.2) is 0 Å². The second-order valence-corrected chi connectivity index (χ2v) is 4.47. The molecule has 0 aromatic heterocycles. The molecule has 0 saturated heterocycles. The molecular weight excluding hydrogens is 231 g/mol. The molecular formula is C8H14F3NO2S. The predicted molar refractivity (Wildman–Crippen MR) is 52.8 cm³/mol. The van der Waals surface area contributed by atoms with E-state index in [1.54, 1.807) is 0 Å². The van der Waals surface area contributed by atoms with E-state index < -0.39 is 24.1 Å². The van der Waals surface area contributed by atoms with Gasteiger partial charge in [-0.2, -0.15) is 24.9 Å². The van der Waals surface area contributed by atoms with Crippen LogP contribution in [0.3, 0.4) is 0 Å². The summed E-state index contributed by atoms with van der Waals surface area (Å²) in [6, 6.07) is 0. The van der Waals surface area contributed by atoms with Gasteiger partial charge < -0.3 is 10.8 Å². The molecule has 0 aliphatic carbocycles. The zero-order valence-corrected chi connectivity index (χ0v) is 9.12. The fourth-order valence-corrected chi connectivity index (χ4v) is 1.60. The van der Waals surface area contributed by atoms with Crippen LogP contribution in [0.25, 0.3) is 0 Å². The van der Waals surface area contributed by atoms with E-state index in [0.717, 1.165) is 5.75 Å². The SMILES string of the molecule is CCSCCCC(N)(C(=O)O)C(F)(F)F. The lowest BCUT2D eigenvalue weighted by Gasteiger charge is -2.27. The van der Waals surface area contributed by atoms with Crippen LogP contribution in [0.1, 0.15) is 19.8 Å². The molecule has 3 N–H and O–H groups in total. The van der Waals surface area contributed by atoms with Gasteiger partial charge in [-0.15, -0.1) is 0 Å². The monoisotopic (exact) mass is 245 g/mol. The molecule has 0 fully saturated rings. The van der Waals surface area contributed by atoms with E-state index in [9.17, 15) is 18.0 Å². The summed E-state index contributed by atoms with van der Waals surface area (Å²) in [7, 11) is 0. The Hall–Kier alpha value is -0.430. The fourth-order valence-electron chi connectivity index (χ4n) is 0.967. The summed E-state index contributed by atoms with van der Waals surface area (Å²) < 4.78 is 37.1. The Morgan fingerprint density at radius 2 is 2.00 bits per heavy atom. The van der Waals surface area contributed by atoms with E-state index >= 15 is 0 Å². The Morgan fingerprint density at radius 1 is 1.47 bits per heavy atom. The standard InChI is InChI=1S/C8H14F3NO2S/c1-2-15-5-3-4-7(12,6(13)14)8(9,10)11/h2-5,12H2,1H3,(H,13,14). The van der Waals surface area contributed by atoms with Crippen molar-refractivity contribution in [2.24, 2.45) is 5.73 Å². The van der Waals surface area contributed by atoms with Gasteiger partial charge in [0.25, 0.3) is 0 Å². The first kappa shape index (κ1) is 14.6. The van der Waals surface area contributed by atoms with Crippen LogP contribution in [-0.2, 0) is 4.79 Å². The van der Waals surface area contributed by atoms with Crippen LogP contribution < -0.4 is 5.73 Å². The third-order valence-electron chi connectivity index (χ3n) is 1.95. The average Bonchev–Trinajstić information content (AvgIpc) is 2.09. The first-order valence-corrected chi connectivity index (χ1v) is 5.58. The lowest BCUT2D eigenvalue weighted by Crippen LogP contribution is -2.59. The van der Waals surface area contributed by atoms with E-state index in [-0.39, 0.29) is 6.42 Å². The Labute approximate surface area is 90.2 Å². The normalized spacial score (nSPS) is 16.1. The maximum Gasteiger partial charge on any atom is 0.417 e. The number of alkyl halides is 3. The van der Waals surface area contributed by atoms with E-state index in [4.69, 9.17) is 10.8 Å². The van der Waals surface area contributed by atoms with E-state index in [1.807, 2.05) is 6.92 Å². The van der Waals surface area contributed by atoms with Crippen LogP contribution in [-0.4, -0.2) is 34.3 Å². The van der Waals surface area contributed by atoms with Crippen molar-refractivity contribution in [1.29, 1.82) is 0 Å². The minimum Gasteiger partial charge on any atom is -0.480 e. The number of thioether (sulfide) groups is 1. The zero-order valence-electron chi connectivity index (χ0n) is 8.30. The number of carbonyl (C=O) groups is 1. The van der Waals surface area contributed by atoms with Gasteiger partial charge in [0.2, 0.25) is 5.54 Å². The number of halogens is 3. The molecule has 0 saturated carbocycles. The van der Waals surface area contributed by atoms with Crippen LogP contribution in [0.5, 0.6) is 0 Å². The number of rotatable bonds is 6. The molecule has 1 unspecified atom stereocenters. The molecule has 0 amide bonds. The number of carboxylic acids is 1. The summed E-state index contributed by atoms with van der Waals surface area (Å²) in [4.78, 5) is 10.5. The quantitative estimate of drug-likeness (QED) is 0.701. The van der Waals surface area contributed by atoms with E-state index in [2.05, 4.69) is 0 Å². The Kier molecular flexibility index (Phi) is 5.44.